The van der Waals surface area contributed by atoms with Gasteiger partial charge in [-0.3, -0.25) is 9.59 Å². The van der Waals surface area contributed by atoms with Crippen molar-refractivity contribution in [1.29, 1.82) is 0 Å². The van der Waals surface area contributed by atoms with E-state index in [1.165, 1.54) is 7.11 Å². The molecule has 0 atom stereocenters. The summed E-state index contributed by atoms with van der Waals surface area (Å²) in [7, 11) is 1.34. The number of piperidine rings is 1. The summed E-state index contributed by atoms with van der Waals surface area (Å²) in [6.07, 6.45) is 3.42. The lowest BCUT2D eigenvalue weighted by molar-refractivity contribution is -0.135. The summed E-state index contributed by atoms with van der Waals surface area (Å²) in [5, 5.41) is 2.95. The summed E-state index contributed by atoms with van der Waals surface area (Å²) >= 11 is 0. The highest BCUT2D eigenvalue weighted by Crippen LogP contribution is 2.32. The number of aryl methyl sites for hydroxylation is 1. The zero-order chi connectivity index (χ0) is 18.0. The van der Waals surface area contributed by atoms with Gasteiger partial charge in [0, 0.05) is 30.6 Å². The standard InChI is InChI=1S/C19H24N2O4/c1-12-11-15(19(24)25-2)5-6-16(12)20-17(22)13-7-9-21(10-8-13)18(23)14-3-4-14/h5-6,11,13-14H,3-4,7-10H2,1-2H3,(H,20,22). The minimum Gasteiger partial charge on any atom is -0.465 e. The van der Waals surface area contributed by atoms with Gasteiger partial charge in [-0.2, -0.15) is 0 Å². The van der Waals surface area contributed by atoms with Gasteiger partial charge >= 0.3 is 5.97 Å². The molecule has 6 nitrogen and oxygen atoms in total. The first-order valence-corrected chi connectivity index (χ1v) is 8.78. The Balaban J connectivity index is 1.56. The van der Waals surface area contributed by atoms with Crippen molar-refractivity contribution in [2.24, 2.45) is 11.8 Å². The lowest BCUT2D eigenvalue weighted by atomic mass is 9.95. The smallest absolute Gasteiger partial charge is 0.337 e. The Morgan fingerprint density at radius 2 is 1.76 bits per heavy atom. The Morgan fingerprint density at radius 1 is 1.08 bits per heavy atom. The SMILES string of the molecule is COC(=O)c1ccc(NC(=O)C2CCN(C(=O)C3CC3)CC2)c(C)c1. The number of rotatable bonds is 4. The average molecular weight is 344 g/mol. The summed E-state index contributed by atoms with van der Waals surface area (Å²) in [5.41, 5.74) is 1.98. The molecule has 25 heavy (non-hydrogen) atoms. The number of anilines is 1. The van der Waals surface area contributed by atoms with Crippen LogP contribution in [0.4, 0.5) is 5.69 Å². The topological polar surface area (TPSA) is 75.7 Å². The second-order valence-electron chi connectivity index (χ2n) is 6.88. The van der Waals surface area contributed by atoms with Crippen LogP contribution in [-0.2, 0) is 14.3 Å². The average Bonchev–Trinajstić information content (AvgIpc) is 3.47. The highest BCUT2D eigenvalue weighted by atomic mass is 16.5. The van der Waals surface area contributed by atoms with Crippen LogP contribution >= 0.6 is 0 Å². The number of carbonyl (C=O) groups excluding carboxylic acids is 3. The Morgan fingerprint density at radius 3 is 2.32 bits per heavy atom. The summed E-state index contributed by atoms with van der Waals surface area (Å²) < 4.78 is 4.70. The molecule has 2 fully saturated rings. The van der Waals surface area contributed by atoms with Crippen LogP contribution < -0.4 is 5.32 Å². The van der Waals surface area contributed by atoms with E-state index >= 15 is 0 Å². The van der Waals surface area contributed by atoms with Gasteiger partial charge in [-0.15, -0.1) is 0 Å². The maximum Gasteiger partial charge on any atom is 0.337 e. The van der Waals surface area contributed by atoms with Crippen LogP contribution in [0.3, 0.4) is 0 Å². The first kappa shape index (κ1) is 17.5. The molecule has 2 aliphatic rings. The Kier molecular flexibility index (Phi) is 5.06. The largest absolute Gasteiger partial charge is 0.465 e. The highest BCUT2D eigenvalue weighted by molar-refractivity contribution is 5.95. The molecule has 1 aliphatic carbocycles. The Bertz CT molecular complexity index is 689. The van der Waals surface area contributed by atoms with Gasteiger partial charge < -0.3 is 15.0 Å². The van der Waals surface area contributed by atoms with Crippen molar-refractivity contribution in [2.75, 3.05) is 25.5 Å². The van der Waals surface area contributed by atoms with E-state index in [2.05, 4.69) is 5.32 Å². The molecule has 1 N–H and O–H groups in total. The van der Waals surface area contributed by atoms with Gasteiger partial charge in [-0.05, 0) is 56.4 Å². The fraction of sp³-hybridized carbons (Fsp3) is 0.526. The number of nitrogens with zero attached hydrogens (tertiary/aromatic N) is 1. The molecular weight excluding hydrogens is 320 g/mol. The van der Waals surface area contributed by atoms with Crippen LogP contribution in [0, 0.1) is 18.8 Å². The van der Waals surface area contributed by atoms with Crippen molar-refractivity contribution in [3.63, 3.8) is 0 Å². The third-order valence-corrected chi connectivity index (χ3v) is 5.01. The fourth-order valence-electron chi connectivity index (χ4n) is 3.23. The third kappa shape index (κ3) is 4.00. The van der Waals surface area contributed by atoms with Crippen molar-refractivity contribution in [3.8, 4) is 0 Å². The number of esters is 1. The minimum atomic E-state index is -0.395. The van der Waals surface area contributed by atoms with Crippen molar-refractivity contribution >= 4 is 23.5 Å². The van der Waals surface area contributed by atoms with Crippen molar-refractivity contribution in [1.82, 2.24) is 4.90 Å². The summed E-state index contributed by atoms with van der Waals surface area (Å²) in [6, 6.07) is 5.08. The van der Waals surface area contributed by atoms with E-state index in [9.17, 15) is 14.4 Å². The number of hydrogen-bond donors (Lipinski definition) is 1. The predicted octanol–water partition coefficient (Wildman–Crippen LogP) is 2.37. The molecule has 0 aromatic heterocycles. The fourth-order valence-corrected chi connectivity index (χ4v) is 3.23. The minimum absolute atomic E-state index is 0.0209. The van der Waals surface area contributed by atoms with E-state index in [-0.39, 0.29) is 23.7 Å². The van der Waals surface area contributed by atoms with Gasteiger partial charge in [-0.25, -0.2) is 4.79 Å². The number of benzene rings is 1. The second kappa shape index (κ2) is 7.25. The number of hydrogen-bond acceptors (Lipinski definition) is 4. The molecule has 0 bridgehead atoms. The van der Waals surface area contributed by atoms with Crippen LogP contribution in [0.5, 0.6) is 0 Å². The molecule has 0 spiro atoms. The molecule has 0 radical (unpaired) electrons. The molecule has 1 saturated carbocycles. The molecule has 1 saturated heterocycles. The lowest BCUT2D eigenvalue weighted by Gasteiger charge is -2.31. The normalized spacial score (nSPS) is 17.9. The quantitative estimate of drug-likeness (QED) is 0.851. The Hall–Kier alpha value is -2.37. The van der Waals surface area contributed by atoms with E-state index in [0.717, 1.165) is 18.4 Å². The van der Waals surface area contributed by atoms with Crippen LogP contribution in [0.2, 0.25) is 0 Å². The number of nitrogens with one attached hydrogen (secondary N) is 1. The second-order valence-corrected chi connectivity index (χ2v) is 6.88. The van der Waals surface area contributed by atoms with Gasteiger partial charge in [0.1, 0.15) is 0 Å². The zero-order valence-corrected chi connectivity index (χ0v) is 14.7. The number of ether oxygens (including phenoxy) is 1. The summed E-state index contributed by atoms with van der Waals surface area (Å²) in [6.45, 7) is 3.17. The van der Waals surface area contributed by atoms with Crippen LogP contribution in [-0.4, -0.2) is 42.9 Å². The first-order chi connectivity index (χ1) is 12.0. The molecule has 0 unspecified atom stereocenters. The van der Waals surface area contributed by atoms with E-state index in [0.29, 0.717) is 37.2 Å². The number of carbonyl (C=O) groups is 3. The van der Waals surface area contributed by atoms with E-state index in [1.807, 2.05) is 11.8 Å². The monoisotopic (exact) mass is 344 g/mol. The van der Waals surface area contributed by atoms with Crippen molar-refractivity contribution < 1.29 is 19.1 Å². The van der Waals surface area contributed by atoms with Gasteiger partial charge in [0.05, 0.1) is 12.7 Å². The van der Waals surface area contributed by atoms with E-state index < -0.39 is 5.97 Å². The van der Waals surface area contributed by atoms with Gasteiger partial charge in [0.2, 0.25) is 11.8 Å². The Labute approximate surface area is 147 Å². The summed E-state index contributed by atoms with van der Waals surface area (Å²) in [4.78, 5) is 38.0. The van der Waals surface area contributed by atoms with Crippen molar-refractivity contribution in [2.45, 2.75) is 32.6 Å². The molecule has 2 amide bonds. The molecule has 1 aliphatic heterocycles. The highest BCUT2D eigenvalue weighted by Gasteiger charge is 2.36. The van der Waals surface area contributed by atoms with Crippen LogP contribution in [0.1, 0.15) is 41.6 Å². The first-order valence-electron chi connectivity index (χ1n) is 8.78. The third-order valence-electron chi connectivity index (χ3n) is 5.01. The molecule has 134 valence electrons. The van der Waals surface area contributed by atoms with Gasteiger partial charge in [0.15, 0.2) is 0 Å². The van der Waals surface area contributed by atoms with E-state index in [4.69, 9.17) is 4.74 Å². The molecule has 1 aromatic carbocycles. The molecule has 1 aromatic rings. The van der Waals surface area contributed by atoms with Gasteiger partial charge in [0.25, 0.3) is 0 Å². The maximum absolute atomic E-state index is 12.5. The molecule has 1 heterocycles. The predicted molar refractivity (Wildman–Crippen MR) is 93.2 cm³/mol. The number of amides is 2. The van der Waals surface area contributed by atoms with Crippen LogP contribution in [0.15, 0.2) is 18.2 Å². The van der Waals surface area contributed by atoms with Crippen LogP contribution in [0.25, 0.3) is 0 Å². The molecule has 3 rings (SSSR count). The summed E-state index contributed by atoms with van der Waals surface area (Å²) in [5.74, 6) is -0.00138. The molecule has 6 heteroatoms. The van der Waals surface area contributed by atoms with E-state index in [1.54, 1.807) is 18.2 Å². The lowest BCUT2D eigenvalue weighted by Crippen LogP contribution is -2.42. The van der Waals surface area contributed by atoms with Gasteiger partial charge in [-0.1, -0.05) is 0 Å². The number of likely N-dealkylation sites (tertiary alicyclic amines) is 1. The zero-order valence-electron chi connectivity index (χ0n) is 14.7. The van der Waals surface area contributed by atoms with Crippen molar-refractivity contribution in [3.05, 3.63) is 29.3 Å². The molecular formula is C19H24N2O4. The number of methoxy groups -OCH3 is 1. The maximum atomic E-state index is 12.5.